The molecule has 3 fully saturated rings. The molecule has 1 saturated carbocycles. The first-order valence-corrected chi connectivity index (χ1v) is 13.8. The number of fused-ring (bicyclic) bond motifs is 4. The van der Waals surface area contributed by atoms with Gasteiger partial charge in [-0.05, 0) is 113 Å². The Labute approximate surface area is 216 Å². The summed E-state index contributed by atoms with van der Waals surface area (Å²) in [4.78, 5) is 0. The van der Waals surface area contributed by atoms with E-state index in [2.05, 4.69) is 39.8 Å². The van der Waals surface area contributed by atoms with Crippen LogP contribution < -0.4 is 0 Å². The zero-order chi connectivity index (χ0) is 26.1. The largest absolute Gasteiger partial charge is 0.385 e. The fourth-order valence-electron chi connectivity index (χ4n) is 8.63. The maximum atomic E-state index is 11.4. The van der Waals surface area contributed by atoms with Crippen molar-refractivity contribution in [3.63, 3.8) is 0 Å². The number of aliphatic hydroxyl groups is 1. The summed E-state index contributed by atoms with van der Waals surface area (Å²) < 4.78 is 25.8. The van der Waals surface area contributed by atoms with Crippen LogP contribution in [0.5, 0.6) is 0 Å². The summed E-state index contributed by atoms with van der Waals surface area (Å²) in [5.41, 5.74) is 7.83. The second-order valence-corrected chi connectivity index (χ2v) is 14.2. The zero-order valence-corrected chi connectivity index (χ0v) is 23.6. The highest BCUT2D eigenvalue weighted by atomic mass is 16.7. The van der Waals surface area contributed by atoms with Gasteiger partial charge in [-0.15, -0.1) is 0 Å². The second-order valence-electron chi connectivity index (χ2n) is 14.2. The molecular weight excluding hydrogens is 452 g/mol. The number of hydrogen-bond acceptors (Lipinski definition) is 5. The van der Waals surface area contributed by atoms with Crippen LogP contribution in [0.3, 0.4) is 0 Å². The summed E-state index contributed by atoms with van der Waals surface area (Å²) in [5, 5.41) is 11.4. The number of benzene rings is 1. The van der Waals surface area contributed by atoms with Crippen molar-refractivity contribution < 1.29 is 24.1 Å². The molecule has 5 heteroatoms. The minimum atomic E-state index is -1.15. The highest BCUT2D eigenvalue weighted by molar-refractivity contribution is 5.82. The first kappa shape index (κ1) is 25.1. The molecule has 36 heavy (non-hydrogen) atoms. The van der Waals surface area contributed by atoms with Crippen LogP contribution in [0.4, 0.5) is 0 Å². The number of rotatable bonds is 1. The van der Waals surface area contributed by atoms with E-state index in [1.165, 1.54) is 27.8 Å². The SMILES string of the molecule is CC1=C2C[C@@]3(C)C[C@@H]4OC(C)(C)O[C@H]([C@@H]5OC(C)(C)OC[C@]5(C)O)C[C@]4(C)[C@H]3c3ccc(C)c(c32)C1. The lowest BCUT2D eigenvalue weighted by Crippen LogP contribution is -2.62. The van der Waals surface area contributed by atoms with Crippen LogP contribution >= 0.6 is 0 Å². The molecule has 198 valence electrons. The van der Waals surface area contributed by atoms with Crippen LogP contribution in [0.25, 0.3) is 5.57 Å². The molecule has 5 nitrogen and oxygen atoms in total. The fourth-order valence-corrected chi connectivity index (χ4v) is 8.63. The quantitative estimate of drug-likeness (QED) is 0.514. The number of hydrogen-bond donors (Lipinski definition) is 1. The normalized spacial score (nSPS) is 44.6. The molecule has 0 spiro atoms. The minimum absolute atomic E-state index is 0.0574. The monoisotopic (exact) mass is 496 g/mol. The molecule has 0 unspecified atom stereocenters. The van der Waals surface area contributed by atoms with Crippen molar-refractivity contribution in [3.05, 3.63) is 40.0 Å². The Bertz CT molecular complexity index is 1150. The van der Waals surface area contributed by atoms with E-state index >= 15 is 0 Å². The zero-order valence-electron chi connectivity index (χ0n) is 23.6. The fraction of sp³-hybridized carbons (Fsp3) is 0.742. The van der Waals surface area contributed by atoms with Gasteiger partial charge < -0.3 is 24.1 Å². The Morgan fingerprint density at radius 2 is 1.61 bits per heavy atom. The second kappa shape index (κ2) is 7.45. The van der Waals surface area contributed by atoms with E-state index < -0.39 is 23.3 Å². The van der Waals surface area contributed by atoms with Gasteiger partial charge in [-0.25, -0.2) is 0 Å². The van der Waals surface area contributed by atoms with Gasteiger partial charge in [-0.3, -0.25) is 0 Å². The molecule has 1 N–H and O–H groups in total. The molecule has 6 rings (SSSR count). The summed E-state index contributed by atoms with van der Waals surface area (Å²) >= 11 is 0. The van der Waals surface area contributed by atoms with Crippen LogP contribution in [-0.4, -0.2) is 47.2 Å². The lowest BCUT2D eigenvalue weighted by molar-refractivity contribution is -0.360. The van der Waals surface area contributed by atoms with E-state index in [9.17, 15) is 5.11 Å². The first-order chi connectivity index (χ1) is 16.6. The van der Waals surface area contributed by atoms with Crippen LogP contribution in [0.2, 0.25) is 0 Å². The minimum Gasteiger partial charge on any atom is -0.385 e. The summed E-state index contributed by atoms with van der Waals surface area (Å²) in [5.74, 6) is -1.22. The Balaban J connectivity index is 1.48. The van der Waals surface area contributed by atoms with Gasteiger partial charge in [0.15, 0.2) is 11.6 Å². The standard InChI is InChI=1S/C31H44O5/c1-17-10-11-19-24-20(17)12-18(2)21(24)13-29(7)15-23-30(8,25(19)29)14-22(34-28(5,6)35-23)26-31(9,32)16-33-27(3,4)36-26/h10-11,22-23,25-26,32H,12-16H2,1-9H3/t22-,23-,25-,26-,29-,30-,31-/m0/s1. The van der Waals surface area contributed by atoms with Crippen molar-refractivity contribution in [3.8, 4) is 0 Å². The van der Waals surface area contributed by atoms with E-state index in [4.69, 9.17) is 18.9 Å². The molecular formula is C31H44O5. The first-order valence-electron chi connectivity index (χ1n) is 13.8. The van der Waals surface area contributed by atoms with Gasteiger partial charge in [0.05, 0.1) is 18.8 Å². The molecule has 3 aliphatic carbocycles. The van der Waals surface area contributed by atoms with Crippen LogP contribution in [0.1, 0.15) is 103 Å². The average molecular weight is 497 g/mol. The molecule has 2 aliphatic heterocycles. The molecule has 1 aromatic carbocycles. The molecule has 0 bridgehead atoms. The number of ether oxygens (including phenoxy) is 4. The third-order valence-electron chi connectivity index (χ3n) is 10.0. The molecule has 0 aromatic heterocycles. The predicted octanol–water partition coefficient (Wildman–Crippen LogP) is 6.04. The van der Waals surface area contributed by atoms with E-state index in [1.807, 2.05) is 27.7 Å². The summed E-state index contributed by atoms with van der Waals surface area (Å²) in [6.45, 7) is 19.4. The Hall–Kier alpha value is -1.24. The summed E-state index contributed by atoms with van der Waals surface area (Å²) in [6, 6.07) is 4.73. The average Bonchev–Trinajstić information content (AvgIpc) is 3.14. The number of allylic oxidation sites excluding steroid dienone is 2. The van der Waals surface area contributed by atoms with Gasteiger partial charge in [0.2, 0.25) is 0 Å². The van der Waals surface area contributed by atoms with Crippen molar-refractivity contribution >= 4 is 5.57 Å². The topological polar surface area (TPSA) is 57.2 Å². The lowest BCUT2D eigenvalue weighted by Gasteiger charge is -2.50. The van der Waals surface area contributed by atoms with Crippen LogP contribution in [-0.2, 0) is 25.4 Å². The van der Waals surface area contributed by atoms with Crippen molar-refractivity contribution in [2.24, 2.45) is 10.8 Å². The van der Waals surface area contributed by atoms with Gasteiger partial charge in [0.1, 0.15) is 11.7 Å². The third kappa shape index (κ3) is 3.53. The van der Waals surface area contributed by atoms with E-state index in [1.54, 1.807) is 12.5 Å². The number of aryl methyl sites for hydroxylation is 1. The lowest BCUT2D eigenvalue weighted by atomic mass is 9.58. The van der Waals surface area contributed by atoms with Gasteiger partial charge >= 0.3 is 0 Å². The Kier molecular flexibility index (Phi) is 5.18. The van der Waals surface area contributed by atoms with Crippen molar-refractivity contribution in [2.45, 2.75) is 129 Å². The maximum absolute atomic E-state index is 11.4. The van der Waals surface area contributed by atoms with Gasteiger partial charge in [0.25, 0.3) is 0 Å². The van der Waals surface area contributed by atoms with E-state index in [0.29, 0.717) is 5.92 Å². The van der Waals surface area contributed by atoms with Crippen molar-refractivity contribution in [1.29, 1.82) is 0 Å². The van der Waals surface area contributed by atoms with Gasteiger partial charge in [0, 0.05) is 5.41 Å². The smallest absolute Gasteiger partial charge is 0.163 e. The highest BCUT2D eigenvalue weighted by Crippen LogP contribution is 2.70. The van der Waals surface area contributed by atoms with Gasteiger partial charge in [-0.1, -0.05) is 31.6 Å². The molecule has 1 aromatic rings. The molecule has 0 radical (unpaired) electrons. The third-order valence-corrected chi connectivity index (χ3v) is 10.0. The Morgan fingerprint density at radius 1 is 0.889 bits per heavy atom. The van der Waals surface area contributed by atoms with E-state index in [-0.39, 0.29) is 29.6 Å². The summed E-state index contributed by atoms with van der Waals surface area (Å²) in [7, 11) is 0. The molecule has 5 aliphatic rings. The van der Waals surface area contributed by atoms with Crippen LogP contribution in [0, 0.1) is 17.8 Å². The molecule has 7 atom stereocenters. The Morgan fingerprint density at radius 3 is 2.33 bits per heavy atom. The molecule has 2 saturated heterocycles. The predicted molar refractivity (Wildman–Crippen MR) is 140 cm³/mol. The van der Waals surface area contributed by atoms with Crippen molar-refractivity contribution in [1.82, 2.24) is 0 Å². The van der Waals surface area contributed by atoms with Crippen molar-refractivity contribution in [2.75, 3.05) is 6.61 Å². The summed E-state index contributed by atoms with van der Waals surface area (Å²) in [6.07, 6.45) is 3.16. The molecule has 0 amide bonds. The van der Waals surface area contributed by atoms with Gasteiger partial charge in [-0.2, -0.15) is 0 Å². The van der Waals surface area contributed by atoms with Crippen LogP contribution in [0.15, 0.2) is 17.7 Å². The maximum Gasteiger partial charge on any atom is 0.163 e. The highest BCUT2D eigenvalue weighted by Gasteiger charge is 2.65. The molecule has 2 heterocycles. The van der Waals surface area contributed by atoms with E-state index in [0.717, 1.165) is 25.7 Å².